The highest BCUT2D eigenvalue weighted by Crippen LogP contribution is 2.16. The van der Waals surface area contributed by atoms with Crippen LogP contribution in [-0.4, -0.2) is 35.9 Å². The molecule has 1 aromatic heterocycles. The molecule has 0 atom stereocenters. The average Bonchev–Trinajstić information content (AvgIpc) is 2.71. The number of carbonyl (C=O) groups is 1. The first-order valence-electron chi connectivity index (χ1n) is 8.66. The van der Waals surface area contributed by atoms with Crippen LogP contribution < -0.4 is 20.2 Å². The van der Waals surface area contributed by atoms with Crippen LogP contribution in [0.4, 0.5) is 0 Å². The topological polar surface area (TPSA) is 82.4 Å². The second-order valence-corrected chi connectivity index (χ2v) is 5.87. The fourth-order valence-corrected chi connectivity index (χ4v) is 2.67. The van der Waals surface area contributed by atoms with E-state index in [2.05, 4.69) is 10.4 Å². The molecule has 0 spiro atoms. The molecular formula is C20H21N3O4. The summed E-state index contributed by atoms with van der Waals surface area (Å²) in [6.45, 7) is 1.17. The van der Waals surface area contributed by atoms with Gasteiger partial charge in [-0.3, -0.25) is 14.3 Å². The van der Waals surface area contributed by atoms with E-state index in [1.807, 2.05) is 42.5 Å². The number of nitrogens with one attached hydrogen (secondary N) is 1. The predicted octanol–water partition coefficient (Wildman–Crippen LogP) is 1.99. The molecule has 3 aromatic rings. The third-order valence-electron chi connectivity index (χ3n) is 4.07. The molecule has 27 heavy (non-hydrogen) atoms. The number of hydrogen-bond acceptors (Lipinski definition) is 5. The first-order valence-corrected chi connectivity index (χ1v) is 8.66. The summed E-state index contributed by atoms with van der Waals surface area (Å²) in [6.07, 6.45) is 1.55. The summed E-state index contributed by atoms with van der Waals surface area (Å²) in [7, 11) is 1.61. The molecule has 2 aromatic carbocycles. The predicted molar refractivity (Wildman–Crippen MR) is 102 cm³/mol. The van der Waals surface area contributed by atoms with Crippen molar-refractivity contribution in [2.45, 2.75) is 13.0 Å². The third kappa shape index (κ3) is 4.84. The summed E-state index contributed by atoms with van der Waals surface area (Å²) in [5, 5.41) is 7.53. The lowest BCUT2D eigenvalue weighted by molar-refractivity contribution is -0.121. The first-order chi connectivity index (χ1) is 13.2. The summed E-state index contributed by atoms with van der Waals surface area (Å²) >= 11 is 0. The van der Waals surface area contributed by atoms with Crippen molar-refractivity contribution in [3.63, 3.8) is 0 Å². The number of aromatic nitrogens is 2. The number of methoxy groups -OCH3 is 1. The Morgan fingerprint density at radius 1 is 1.11 bits per heavy atom. The van der Waals surface area contributed by atoms with Crippen molar-refractivity contribution in [2.75, 3.05) is 20.3 Å². The number of amides is 1. The van der Waals surface area contributed by atoms with Crippen LogP contribution in [0.2, 0.25) is 0 Å². The molecule has 0 radical (unpaired) electrons. The van der Waals surface area contributed by atoms with Crippen LogP contribution in [-0.2, 0) is 11.3 Å². The van der Waals surface area contributed by atoms with E-state index < -0.39 is 0 Å². The second-order valence-electron chi connectivity index (χ2n) is 5.87. The van der Waals surface area contributed by atoms with Crippen LogP contribution >= 0.6 is 0 Å². The van der Waals surface area contributed by atoms with E-state index in [4.69, 9.17) is 9.47 Å². The van der Waals surface area contributed by atoms with Crippen molar-refractivity contribution in [3.8, 4) is 11.5 Å². The van der Waals surface area contributed by atoms with Gasteiger partial charge in [0.05, 0.1) is 31.9 Å². The summed E-state index contributed by atoms with van der Waals surface area (Å²) < 4.78 is 12.3. The lowest BCUT2D eigenvalue weighted by Crippen LogP contribution is -2.29. The minimum Gasteiger partial charge on any atom is -0.497 e. The van der Waals surface area contributed by atoms with Gasteiger partial charge in [0.15, 0.2) is 0 Å². The molecule has 0 aliphatic heterocycles. The van der Waals surface area contributed by atoms with E-state index in [1.165, 1.54) is 6.20 Å². The van der Waals surface area contributed by atoms with Gasteiger partial charge in [0.1, 0.15) is 18.1 Å². The van der Waals surface area contributed by atoms with Crippen LogP contribution in [0.5, 0.6) is 11.5 Å². The van der Waals surface area contributed by atoms with Crippen molar-refractivity contribution < 1.29 is 14.3 Å². The van der Waals surface area contributed by atoms with Gasteiger partial charge < -0.3 is 14.8 Å². The van der Waals surface area contributed by atoms with Gasteiger partial charge in [0.25, 0.3) is 0 Å². The van der Waals surface area contributed by atoms with Gasteiger partial charge in [0.2, 0.25) is 11.3 Å². The Morgan fingerprint density at radius 2 is 1.85 bits per heavy atom. The van der Waals surface area contributed by atoms with Crippen LogP contribution in [0, 0.1) is 0 Å². The Kier molecular flexibility index (Phi) is 6.04. The van der Waals surface area contributed by atoms with Gasteiger partial charge in [-0.15, -0.1) is 0 Å². The number of para-hydroxylation sites is 1. The fraction of sp³-hybridized carbons (Fsp3) is 0.250. The fourth-order valence-electron chi connectivity index (χ4n) is 2.67. The minimum atomic E-state index is -0.123. The molecule has 1 amide bonds. The van der Waals surface area contributed by atoms with Crippen molar-refractivity contribution in [3.05, 3.63) is 65.0 Å². The normalized spacial score (nSPS) is 10.6. The van der Waals surface area contributed by atoms with Gasteiger partial charge in [-0.05, 0) is 36.4 Å². The quantitative estimate of drug-likeness (QED) is 0.616. The Morgan fingerprint density at radius 3 is 2.63 bits per heavy atom. The molecule has 7 nitrogen and oxygen atoms in total. The molecule has 0 unspecified atom stereocenters. The number of carbonyl (C=O) groups excluding carboxylic acids is 1. The third-order valence-corrected chi connectivity index (χ3v) is 4.07. The number of rotatable bonds is 8. The largest absolute Gasteiger partial charge is 0.497 e. The van der Waals surface area contributed by atoms with Gasteiger partial charge >= 0.3 is 0 Å². The molecule has 0 aliphatic carbocycles. The van der Waals surface area contributed by atoms with Gasteiger partial charge in [-0.2, -0.15) is 5.10 Å². The monoisotopic (exact) mass is 367 g/mol. The summed E-state index contributed by atoms with van der Waals surface area (Å²) in [6, 6.07) is 14.5. The number of nitrogens with zero attached hydrogens (tertiary/aromatic N) is 2. The molecule has 7 heteroatoms. The Bertz CT molecular complexity index is 967. The maximum atomic E-state index is 12.0. The zero-order valence-corrected chi connectivity index (χ0v) is 15.1. The molecule has 0 aliphatic rings. The highest BCUT2D eigenvalue weighted by atomic mass is 16.5. The molecule has 1 heterocycles. The molecule has 140 valence electrons. The zero-order chi connectivity index (χ0) is 19.1. The second kappa shape index (κ2) is 8.84. The number of benzene rings is 2. The lowest BCUT2D eigenvalue weighted by Gasteiger charge is -2.10. The van der Waals surface area contributed by atoms with Crippen LogP contribution in [0.25, 0.3) is 10.9 Å². The lowest BCUT2D eigenvalue weighted by atomic mass is 10.2. The van der Waals surface area contributed by atoms with Crippen molar-refractivity contribution in [1.29, 1.82) is 0 Å². The van der Waals surface area contributed by atoms with E-state index in [1.54, 1.807) is 17.9 Å². The van der Waals surface area contributed by atoms with Crippen LogP contribution in [0.1, 0.15) is 6.42 Å². The van der Waals surface area contributed by atoms with E-state index in [0.29, 0.717) is 30.8 Å². The molecule has 1 N–H and O–H groups in total. The summed E-state index contributed by atoms with van der Waals surface area (Å²) in [5.74, 6) is 1.38. The molecule has 0 bridgehead atoms. The number of aryl methyl sites for hydroxylation is 1. The van der Waals surface area contributed by atoms with E-state index >= 15 is 0 Å². The number of ether oxygens (including phenoxy) is 2. The van der Waals surface area contributed by atoms with Crippen molar-refractivity contribution in [2.24, 2.45) is 0 Å². The summed E-state index contributed by atoms with van der Waals surface area (Å²) in [4.78, 5) is 23.8. The molecule has 0 saturated carbocycles. The highest BCUT2D eigenvalue weighted by Gasteiger charge is 2.06. The highest BCUT2D eigenvalue weighted by molar-refractivity contribution is 5.79. The van der Waals surface area contributed by atoms with Crippen molar-refractivity contribution >= 4 is 16.8 Å². The van der Waals surface area contributed by atoms with Crippen LogP contribution in [0.15, 0.2) is 59.5 Å². The van der Waals surface area contributed by atoms with Crippen LogP contribution in [0.3, 0.4) is 0 Å². The minimum absolute atomic E-state index is 0.0992. The van der Waals surface area contributed by atoms with Gasteiger partial charge in [-0.1, -0.05) is 12.1 Å². The first kappa shape index (κ1) is 18.4. The molecule has 0 fully saturated rings. The smallest absolute Gasteiger partial charge is 0.221 e. The van der Waals surface area contributed by atoms with E-state index in [-0.39, 0.29) is 17.8 Å². The Balaban J connectivity index is 1.45. The average molecular weight is 367 g/mol. The van der Waals surface area contributed by atoms with Gasteiger partial charge in [0, 0.05) is 11.8 Å². The standard InChI is InChI=1S/C20H21N3O4/c1-26-15-6-8-16(9-7-15)27-13-11-21-20(25)10-12-23-18-5-3-2-4-17(18)19(24)14-22-23/h2-9,14H,10-13H2,1H3,(H,21,25). The molecular weight excluding hydrogens is 346 g/mol. The van der Waals surface area contributed by atoms with E-state index in [0.717, 1.165) is 11.3 Å². The maximum Gasteiger partial charge on any atom is 0.221 e. The Hall–Kier alpha value is -3.35. The number of fused-ring (bicyclic) bond motifs is 1. The SMILES string of the molecule is COc1ccc(OCCNC(=O)CCn2ncc(=O)c3ccccc32)cc1. The number of hydrogen-bond donors (Lipinski definition) is 1. The van der Waals surface area contributed by atoms with Gasteiger partial charge in [-0.25, -0.2) is 0 Å². The summed E-state index contributed by atoms with van der Waals surface area (Å²) in [5.41, 5.74) is 0.600. The zero-order valence-electron chi connectivity index (χ0n) is 15.1. The Labute approximate surface area is 156 Å². The maximum absolute atomic E-state index is 12.0. The molecule has 3 rings (SSSR count). The van der Waals surface area contributed by atoms with Crippen molar-refractivity contribution in [1.82, 2.24) is 15.1 Å². The molecule has 0 saturated heterocycles. The van der Waals surface area contributed by atoms with E-state index in [9.17, 15) is 9.59 Å².